The molecule has 1 saturated heterocycles. The summed E-state index contributed by atoms with van der Waals surface area (Å²) in [5.41, 5.74) is 0.504. The van der Waals surface area contributed by atoms with E-state index >= 15 is 0 Å². The second-order valence-corrected chi connectivity index (χ2v) is 5.54. The Bertz CT molecular complexity index is 444. The summed E-state index contributed by atoms with van der Waals surface area (Å²) in [4.78, 5) is 14.3. The van der Waals surface area contributed by atoms with Crippen molar-refractivity contribution in [2.75, 3.05) is 26.2 Å². The molecule has 0 bridgehead atoms. The molecule has 0 aromatic heterocycles. The summed E-state index contributed by atoms with van der Waals surface area (Å²) >= 11 is 0. The van der Waals surface area contributed by atoms with Crippen LogP contribution in [0.25, 0.3) is 0 Å². The number of hydrogen-bond acceptors (Lipinski definition) is 3. The third-order valence-electron chi connectivity index (χ3n) is 3.44. The average Bonchev–Trinajstić information content (AvgIpc) is 2.66. The quantitative estimate of drug-likeness (QED) is 0.846. The molecule has 4 heteroatoms. The van der Waals surface area contributed by atoms with Gasteiger partial charge in [0.15, 0.2) is 0 Å². The van der Waals surface area contributed by atoms with Gasteiger partial charge < -0.3 is 15.3 Å². The Morgan fingerprint density at radius 3 is 2.84 bits per heavy atom. The van der Waals surface area contributed by atoms with Crippen molar-refractivity contribution in [2.24, 2.45) is 0 Å². The summed E-state index contributed by atoms with van der Waals surface area (Å²) in [7, 11) is 0. The second-order valence-electron chi connectivity index (χ2n) is 5.54. The molecule has 0 atom stereocenters. The normalized spacial score (nSPS) is 17.1. The van der Waals surface area contributed by atoms with Gasteiger partial charge in [-0.15, -0.1) is 0 Å². The number of benzene rings is 1. The molecule has 0 unspecified atom stereocenters. The van der Waals surface area contributed by atoms with Crippen LogP contribution in [0.1, 0.15) is 36.2 Å². The first-order chi connectivity index (χ1) is 8.98. The molecule has 104 valence electrons. The monoisotopic (exact) mass is 262 g/mol. The van der Waals surface area contributed by atoms with Crippen molar-refractivity contribution in [3.05, 3.63) is 35.4 Å². The van der Waals surface area contributed by atoms with E-state index in [0.29, 0.717) is 5.56 Å². The van der Waals surface area contributed by atoms with Gasteiger partial charge in [0.05, 0.1) is 5.60 Å². The fourth-order valence-electron chi connectivity index (χ4n) is 2.26. The topological polar surface area (TPSA) is 52.6 Å². The number of aliphatic hydroxyl groups is 1. The van der Waals surface area contributed by atoms with Crippen molar-refractivity contribution < 1.29 is 9.90 Å². The van der Waals surface area contributed by atoms with Crippen molar-refractivity contribution >= 4 is 5.91 Å². The lowest BCUT2D eigenvalue weighted by atomic mass is 9.96. The van der Waals surface area contributed by atoms with E-state index in [9.17, 15) is 9.90 Å². The van der Waals surface area contributed by atoms with Crippen molar-refractivity contribution in [1.29, 1.82) is 0 Å². The predicted octanol–water partition coefficient (Wildman–Crippen LogP) is 1.35. The van der Waals surface area contributed by atoms with Crippen LogP contribution in [-0.2, 0) is 5.60 Å². The summed E-state index contributed by atoms with van der Waals surface area (Å²) in [5, 5.41) is 13.3. The van der Waals surface area contributed by atoms with Gasteiger partial charge in [-0.2, -0.15) is 0 Å². The molecule has 1 fully saturated rings. The summed E-state index contributed by atoms with van der Waals surface area (Å²) in [6.45, 7) is 6.80. The third kappa shape index (κ3) is 3.55. The van der Waals surface area contributed by atoms with Crippen molar-refractivity contribution in [3.63, 3.8) is 0 Å². The lowest BCUT2D eigenvalue weighted by Crippen LogP contribution is -2.34. The van der Waals surface area contributed by atoms with Crippen molar-refractivity contribution in [1.82, 2.24) is 10.2 Å². The zero-order valence-electron chi connectivity index (χ0n) is 11.6. The van der Waals surface area contributed by atoms with E-state index in [4.69, 9.17) is 0 Å². The third-order valence-corrected chi connectivity index (χ3v) is 3.44. The zero-order chi connectivity index (χ0) is 13.9. The van der Waals surface area contributed by atoms with Crippen LogP contribution in [0.15, 0.2) is 24.3 Å². The Kier molecular flexibility index (Phi) is 4.22. The van der Waals surface area contributed by atoms with E-state index in [0.717, 1.165) is 38.2 Å². The summed E-state index contributed by atoms with van der Waals surface area (Å²) < 4.78 is 0. The van der Waals surface area contributed by atoms with Crippen LogP contribution in [0.5, 0.6) is 0 Å². The molecule has 1 aromatic rings. The summed E-state index contributed by atoms with van der Waals surface area (Å²) in [5.74, 6) is 0.0507. The van der Waals surface area contributed by atoms with Crippen LogP contribution in [-0.4, -0.2) is 42.1 Å². The van der Waals surface area contributed by atoms with Gasteiger partial charge in [0, 0.05) is 25.2 Å². The Labute approximate surface area is 114 Å². The summed E-state index contributed by atoms with van der Waals surface area (Å²) in [6, 6.07) is 7.29. The fraction of sp³-hybridized carbons (Fsp3) is 0.533. The minimum Gasteiger partial charge on any atom is -0.386 e. The first-order valence-electron chi connectivity index (χ1n) is 6.81. The molecule has 2 rings (SSSR count). The first kappa shape index (κ1) is 14.0. The molecule has 4 nitrogen and oxygen atoms in total. The number of hydrogen-bond donors (Lipinski definition) is 2. The standard InChI is InChI=1S/C15H22N2O2/c1-15(2,19)13-6-3-5-12(11-13)14(18)17-9-4-7-16-8-10-17/h3,5-6,11,16,19H,4,7-10H2,1-2H3. The molecule has 1 aliphatic heterocycles. The van der Waals surface area contributed by atoms with E-state index in [1.807, 2.05) is 23.1 Å². The highest BCUT2D eigenvalue weighted by Crippen LogP contribution is 2.21. The average molecular weight is 262 g/mol. The van der Waals surface area contributed by atoms with E-state index in [-0.39, 0.29) is 5.91 Å². The molecule has 0 radical (unpaired) electrons. The molecule has 2 N–H and O–H groups in total. The van der Waals surface area contributed by atoms with Crippen LogP contribution in [0, 0.1) is 0 Å². The van der Waals surface area contributed by atoms with Gasteiger partial charge in [-0.3, -0.25) is 4.79 Å². The lowest BCUT2D eigenvalue weighted by Gasteiger charge is -2.22. The maximum atomic E-state index is 12.4. The van der Waals surface area contributed by atoms with Gasteiger partial charge in [0.1, 0.15) is 0 Å². The minimum absolute atomic E-state index is 0.0507. The van der Waals surface area contributed by atoms with Crippen molar-refractivity contribution in [3.8, 4) is 0 Å². The van der Waals surface area contributed by atoms with Crippen LogP contribution >= 0.6 is 0 Å². The van der Waals surface area contributed by atoms with Crippen LogP contribution in [0.4, 0.5) is 0 Å². The van der Waals surface area contributed by atoms with Crippen molar-refractivity contribution in [2.45, 2.75) is 25.9 Å². The molecule has 1 aromatic carbocycles. The Hall–Kier alpha value is -1.39. The minimum atomic E-state index is -0.920. The lowest BCUT2D eigenvalue weighted by molar-refractivity contribution is 0.0754. The maximum Gasteiger partial charge on any atom is 0.253 e. The van der Waals surface area contributed by atoms with Crippen LogP contribution in [0.2, 0.25) is 0 Å². The number of carbonyl (C=O) groups is 1. The van der Waals surface area contributed by atoms with E-state index in [1.54, 1.807) is 19.9 Å². The Morgan fingerprint density at radius 2 is 2.11 bits per heavy atom. The largest absolute Gasteiger partial charge is 0.386 e. The zero-order valence-corrected chi connectivity index (χ0v) is 11.6. The molecule has 0 aliphatic carbocycles. The van der Waals surface area contributed by atoms with Gasteiger partial charge in [-0.1, -0.05) is 12.1 Å². The molecule has 19 heavy (non-hydrogen) atoms. The van der Waals surface area contributed by atoms with E-state index in [1.165, 1.54) is 0 Å². The highest BCUT2D eigenvalue weighted by molar-refractivity contribution is 5.94. The number of rotatable bonds is 2. The Balaban J connectivity index is 2.18. The van der Waals surface area contributed by atoms with Gasteiger partial charge in [-0.05, 0) is 44.5 Å². The molecule has 1 aliphatic rings. The molecule has 0 spiro atoms. The van der Waals surface area contributed by atoms with Crippen LogP contribution < -0.4 is 5.32 Å². The molecular weight excluding hydrogens is 240 g/mol. The van der Waals surface area contributed by atoms with Crippen LogP contribution in [0.3, 0.4) is 0 Å². The smallest absolute Gasteiger partial charge is 0.253 e. The van der Waals surface area contributed by atoms with E-state index in [2.05, 4.69) is 5.32 Å². The predicted molar refractivity (Wildman–Crippen MR) is 75.1 cm³/mol. The van der Waals surface area contributed by atoms with E-state index < -0.39 is 5.60 Å². The number of nitrogens with one attached hydrogen (secondary N) is 1. The highest BCUT2D eigenvalue weighted by atomic mass is 16.3. The fourth-order valence-corrected chi connectivity index (χ4v) is 2.26. The maximum absolute atomic E-state index is 12.4. The number of amides is 1. The SMILES string of the molecule is CC(C)(O)c1cccc(C(=O)N2CCCNCC2)c1. The molecule has 1 heterocycles. The highest BCUT2D eigenvalue weighted by Gasteiger charge is 2.20. The van der Waals surface area contributed by atoms with Gasteiger partial charge in [0.25, 0.3) is 5.91 Å². The number of nitrogens with zero attached hydrogens (tertiary/aromatic N) is 1. The van der Waals surface area contributed by atoms with Gasteiger partial charge in [-0.25, -0.2) is 0 Å². The molecule has 0 saturated carbocycles. The van der Waals surface area contributed by atoms with Gasteiger partial charge in [0.2, 0.25) is 0 Å². The molecule has 1 amide bonds. The number of carbonyl (C=O) groups excluding carboxylic acids is 1. The van der Waals surface area contributed by atoms with Gasteiger partial charge >= 0.3 is 0 Å². The molecular formula is C15H22N2O2. The first-order valence-corrected chi connectivity index (χ1v) is 6.81. The summed E-state index contributed by atoms with van der Waals surface area (Å²) in [6.07, 6.45) is 0.983. The second kappa shape index (κ2) is 5.72. The Morgan fingerprint density at radius 1 is 1.32 bits per heavy atom.